The molecule has 2 aromatic carbocycles. The van der Waals surface area contributed by atoms with Crippen molar-refractivity contribution in [2.24, 2.45) is 0 Å². The normalized spacial score (nSPS) is 14.0. The number of benzene rings is 2. The topological polar surface area (TPSA) is 118 Å². The average molecular weight is 601 g/mol. The smallest absolute Gasteiger partial charge is 0.409 e. The van der Waals surface area contributed by atoms with Gasteiger partial charge in [-0.25, -0.2) is 9.78 Å². The number of hydrogen-bond donors (Lipinski definition) is 1. The molecule has 0 radical (unpaired) electrons. The van der Waals surface area contributed by atoms with Gasteiger partial charge in [0, 0.05) is 38.2 Å². The van der Waals surface area contributed by atoms with Gasteiger partial charge in [-0.3, -0.25) is 14.4 Å². The lowest BCUT2D eigenvalue weighted by Gasteiger charge is -2.36. The number of ether oxygens (including phenoxy) is 2. The molecule has 2 heterocycles. The summed E-state index contributed by atoms with van der Waals surface area (Å²) in [5.41, 5.74) is 2.64. The highest BCUT2D eigenvalue weighted by atomic mass is 16.6. The van der Waals surface area contributed by atoms with Crippen molar-refractivity contribution in [2.75, 3.05) is 32.8 Å². The zero-order valence-corrected chi connectivity index (χ0v) is 25.7. The van der Waals surface area contributed by atoms with E-state index in [1.54, 1.807) is 43.6 Å². The quantitative estimate of drug-likeness (QED) is 0.346. The minimum absolute atomic E-state index is 0.0432. The highest BCUT2D eigenvalue weighted by Crippen LogP contribution is 2.26. The summed E-state index contributed by atoms with van der Waals surface area (Å²) in [5, 5.41) is 2.85. The zero-order valence-electron chi connectivity index (χ0n) is 25.7. The first-order valence-corrected chi connectivity index (χ1v) is 14.9. The Bertz CT molecular complexity index is 1390. The number of nitrogens with zero attached hydrogens (tertiary/aromatic N) is 3. The third kappa shape index (κ3) is 8.89. The SMILES string of the molecule is CCOC(=O)N1CCN(C(=O)[C@H](CCC(=O)OC(C)(C)C)NC(=O)c2cc(-c3ccccc3)cc(-c3ccccc3)n2)CC1. The van der Waals surface area contributed by atoms with Crippen LogP contribution in [0.1, 0.15) is 51.0 Å². The van der Waals surface area contributed by atoms with Crippen LogP contribution in [0.3, 0.4) is 0 Å². The van der Waals surface area contributed by atoms with E-state index in [4.69, 9.17) is 9.47 Å². The van der Waals surface area contributed by atoms with Crippen LogP contribution in [-0.4, -0.2) is 83.1 Å². The molecular formula is C34H40N4O6. The molecule has 10 heteroatoms. The first-order chi connectivity index (χ1) is 21.0. The van der Waals surface area contributed by atoms with Gasteiger partial charge in [0.05, 0.1) is 12.3 Å². The van der Waals surface area contributed by atoms with Crippen LogP contribution < -0.4 is 5.32 Å². The van der Waals surface area contributed by atoms with Crippen LogP contribution in [0.25, 0.3) is 22.4 Å². The maximum atomic E-state index is 13.8. The van der Waals surface area contributed by atoms with Gasteiger partial charge in [0.25, 0.3) is 5.91 Å². The highest BCUT2D eigenvalue weighted by molar-refractivity contribution is 5.98. The minimum atomic E-state index is -1.01. The Hall–Kier alpha value is -4.73. The van der Waals surface area contributed by atoms with Crippen molar-refractivity contribution >= 4 is 23.9 Å². The second-order valence-electron chi connectivity index (χ2n) is 11.5. The summed E-state index contributed by atoms with van der Waals surface area (Å²) in [7, 11) is 0. The molecule has 1 aliphatic rings. The molecule has 1 saturated heterocycles. The van der Waals surface area contributed by atoms with Crippen LogP contribution >= 0.6 is 0 Å². The summed E-state index contributed by atoms with van der Waals surface area (Å²) < 4.78 is 10.5. The Balaban J connectivity index is 1.58. The third-order valence-corrected chi connectivity index (χ3v) is 7.01. The molecule has 44 heavy (non-hydrogen) atoms. The second-order valence-corrected chi connectivity index (χ2v) is 11.5. The molecule has 10 nitrogen and oxygen atoms in total. The van der Waals surface area contributed by atoms with E-state index < -0.39 is 29.6 Å². The number of carbonyl (C=O) groups excluding carboxylic acids is 4. The molecule has 1 aliphatic heterocycles. The number of nitrogens with one attached hydrogen (secondary N) is 1. The molecule has 0 unspecified atom stereocenters. The highest BCUT2D eigenvalue weighted by Gasteiger charge is 2.32. The van der Waals surface area contributed by atoms with Crippen molar-refractivity contribution in [1.29, 1.82) is 0 Å². The zero-order chi connectivity index (χ0) is 31.7. The molecule has 0 spiro atoms. The van der Waals surface area contributed by atoms with Gasteiger partial charge in [-0.2, -0.15) is 0 Å². The van der Waals surface area contributed by atoms with Crippen molar-refractivity contribution in [3.05, 3.63) is 78.5 Å². The van der Waals surface area contributed by atoms with E-state index in [9.17, 15) is 19.2 Å². The van der Waals surface area contributed by atoms with Gasteiger partial charge in [-0.05, 0) is 57.4 Å². The number of aromatic nitrogens is 1. The molecule has 4 rings (SSSR count). The van der Waals surface area contributed by atoms with Gasteiger partial charge in [0.2, 0.25) is 5.91 Å². The maximum Gasteiger partial charge on any atom is 0.409 e. The number of rotatable bonds is 9. The molecule has 0 aliphatic carbocycles. The van der Waals surface area contributed by atoms with E-state index in [0.29, 0.717) is 18.8 Å². The molecule has 1 aromatic heterocycles. The molecule has 1 N–H and O–H groups in total. The summed E-state index contributed by atoms with van der Waals surface area (Å²) in [6.07, 6.45) is -0.446. The van der Waals surface area contributed by atoms with E-state index >= 15 is 0 Å². The van der Waals surface area contributed by atoms with Crippen molar-refractivity contribution in [2.45, 2.75) is 52.2 Å². The predicted octanol–water partition coefficient (Wildman–Crippen LogP) is 4.94. The van der Waals surface area contributed by atoms with Crippen LogP contribution in [0.2, 0.25) is 0 Å². The van der Waals surface area contributed by atoms with E-state index in [1.807, 2.05) is 66.7 Å². The van der Waals surface area contributed by atoms with Gasteiger partial charge in [-0.15, -0.1) is 0 Å². The van der Waals surface area contributed by atoms with Crippen LogP contribution in [-0.2, 0) is 19.1 Å². The molecule has 3 amide bonds. The Kier molecular flexibility index (Phi) is 10.7. The average Bonchev–Trinajstić information content (AvgIpc) is 3.02. The number of hydrogen-bond acceptors (Lipinski definition) is 7. The van der Waals surface area contributed by atoms with Gasteiger partial charge in [0.1, 0.15) is 17.3 Å². The fraction of sp³-hybridized carbons (Fsp3) is 0.382. The van der Waals surface area contributed by atoms with Crippen LogP contribution in [0.5, 0.6) is 0 Å². The predicted molar refractivity (Wildman–Crippen MR) is 167 cm³/mol. The monoisotopic (exact) mass is 600 g/mol. The van der Waals surface area contributed by atoms with E-state index in [0.717, 1.165) is 16.7 Å². The fourth-order valence-electron chi connectivity index (χ4n) is 4.89. The van der Waals surface area contributed by atoms with E-state index in [2.05, 4.69) is 10.3 Å². The van der Waals surface area contributed by atoms with Crippen LogP contribution in [0.15, 0.2) is 72.8 Å². The number of carbonyl (C=O) groups is 4. The number of piperazine rings is 1. The molecule has 232 valence electrons. The molecule has 0 bridgehead atoms. The van der Waals surface area contributed by atoms with Gasteiger partial charge in [-0.1, -0.05) is 60.7 Å². The second kappa shape index (κ2) is 14.6. The van der Waals surface area contributed by atoms with Gasteiger partial charge in [0.15, 0.2) is 0 Å². The van der Waals surface area contributed by atoms with E-state index in [-0.39, 0.29) is 44.1 Å². The Labute approximate surface area is 258 Å². The Morgan fingerprint density at radius 1 is 0.841 bits per heavy atom. The number of amides is 3. The van der Waals surface area contributed by atoms with Crippen molar-refractivity contribution in [3.63, 3.8) is 0 Å². The lowest BCUT2D eigenvalue weighted by Crippen LogP contribution is -2.56. The minimum Gasteiger partial charge on any atom is -0.460 e. The molecule has 0 saturated carbocycles. The van der Waals surface area contributed by atoms with Crippen LogP contribution in [0.4, 0.5) is 4.79 Å². The third-order valence-electron chi connectivity index (χ3n) is 7.01. The Morgan fingerprint density at radius 2 is 1.43 bits per heavy atom. The van der Waals surface area contributed by atoms with Gasteiger partial charge >= 0.3 is 12.1 Å². The lowest BCUT2D eigenvalue weighted by molar-refractivity contribution is -0.155. The first kappa shape index (κ1) is 32.2. The number of pyridine rings is 1. The molecular weight excluding hydrogens is 560 g/mol. The first-order valence-electron chi connectivity index (χ1n) is 14.9. The van der Waals surface area contributed by atoms with Crippen molar-refractivity contribution in [3.8, 4) is 22.4 Å². The largest absolute Gasteiger partial charge is 0.460 e. The van der Waals surface area contributed by atoms with E-state index in [1.165, 1.54) is 0 Å². The lowest BCUT2D eigenvalue weighted by atomic mass is 10.0. The molecule has 1 fully saturated rings. The standard InChI is InChI=1S/C34H40N4O6/c1-5-43-33(42)38-20-18-37(19-21-38)32(41)27(16-17-30(39)44-34(2,3)4)36-31(40)29-23-26(24-12-8-6-9-13-24)22-28(35-29)25-14-10-7-11-15-25/h6-15,22-23,27H,5,16-21H2,1-4H3,(H,36,40)/t27-/m0/s1. The summed E-state index contributed by atoms with van der Waals surface area (Å²) in [6.45, 7) is 8.48. The summed E-state index contributed by atoms with van der Waals surface area (Å²) in [5.74, 6) is -1.34. The van der Waals surface area contributed by atoms with Crippen LogP contribution in [0, 0.1) is 0 Å². The summed E-state index contributed by atoms with van der Waals surface area (Å²) >= 11 is 0. The molecule has 3 aromatic rings. The summed E-state index contributed by atoms with van der Waals surface area (Å²) in [6, 6.07) is 21.8. The number of esters is 1. The van der Waals surface area contributed by atoms with Crippen molar-refractivity contribution in [1.82, 2.24) is 20.1 Å². The Morgan fingerprint density at radius 3 is 2.02 bits per heavy atom. The van der Waals surface area contributed by atoms with Gasteiger partial charge < -0.3 is 24.6 Å². The van der Waals surface area contributed by atoms with Crippen molar-refractivity contribution < 1.29 is 28.7 Å². The maximum absolute atomic E-state index is 13.8. The molecule has 1 atom stereocenters. The fourth-order valence-corrected chi connectivity index (χ4v) is 4.89. The summed E-state index contributed by atoms with van der Waals surface area (Å²) in [4.78, 5) is 60.0.